The number of halogens is 2. The lowest BCUT2D eigenvalue weighted by atomic mass is 10.2. The molecule has 3 rings (SSSR count). The Kier molecular flexibility index (Phi) is 3.48. The van der Waals surface area contributed by atoms with E-state index in [9.17, 15) is 13.6 Å². The summed E-state index contributed by atoms with van der Waals surface area (Å²) in [7, 11) is 0. The van der Waals surface area contributed by atoms with E-state index in [2.05, 4.69) is 9.72 Å². The van der Waals surface area contributed by atoms with Crippen molar-refractivity contribution in [3.8, 4) is 17.2 Å². The molecule has 5 nitrogen and oxygen atoms in total. The van der Waals surface area contributed by atoms with E-state index in [0.717, 1.165) is 0 Å². The summed E-state index contributed by atoms with van der Waals surface area (Å²) < 4.78 is 35.5. The van der Waals surface area contributed by atoms with Crippen LogP contribution in [-0.2, 0) is 0 Å². The number of hydrogen-bond acceptors (Lipinski definition) is 4. The zero-order chi connectivity index (χ0) is 16.6. The summed E-state index contributed by atoms with van der Waals surface area (Å²) in [5.41, 5.74) is 1.50. The number of carboxylic acid groups (broad SMARTS) is 1. The van der Waals surface area contributed by atoms with Gasteiger partial charge in [0.2, 0.25) is 5.89 Å². The van der Waals surface area contributed by atoms with Crippen molar-refractivity contribution in [3.05, 3.63) is 48.0 Å². The molecule has 3 aromatic rings. The smallest absolute Gasteiger partial charge is 0.394 e. The molecule has 0 radical (unpaired) electrons. The summed E-state index contributed by atoms with van der Waals surface area (Å²) in [6.07, 6.45) is -3.26. The molecule has 1 aromatic heterocycles. The number of aromatic nitrogens is 1. The Morgan fingerprint density at radius 2 is 1.91 bits per heavy atom. The number of carboxylic acids is 1. The number of carbonyl (C=O) groups is 1. The molecule has 0 atom stereocenters. The van der Waals surface area contributed by atoms with Crippen LogP contribution in [0.3, 0.4) is 0 Å². The van der Waals surface area contributed by atoms with E-state index in [4.69, 9.17) is 9.52 Å². The molecule has 0 unspecified atom stereocenters. The van der Waals surface area contributed by atoms with Gasteiger partial charge in [-0.05, 0) is 42.5 Å². The fraction of sp³-hybridized carbons (Fsp3) is 0.125. The van der Waals surface area contributed by atoms with Crippen molar-refractivity contribution in [2.45, 2.75) is 13.0 Å². The van der Waals surface area contributed by atoms with Crippen LogP contribution in [0.25, 0.3) is 22.6 Å². The van der Waals surface area contributed by atoms with Crippen LogP contribution < -0.4 is 4.74 Å². The van der Waals surface area contributed by atoms with Crippen molar-refractivity contribution in [1.29, 1.82) is 0 Å². The van der Waals surface area contributed by atoms with E-state index in [-0.39, 0.29) is 17.2 Å². The summed E-state index contributed by atoms with van der Waals surface area (Å²) in [6.45, 7) is 0.655. The van der Waals surface area contributed by atoms with Crippen molar-refractivity contribution in [2.75, 3.05) is 0 Å². The second kappa shape index (κ2) is 5.35. The average Bonchev–Trinajstić information content (AvgIpc) is 2.89. The first-order valence-corrected chi connectivity index (χ1v) is 6.63. The molecule has 0 saturated heterocycles. The first kappa shape index (κ1) is 15.0. The van der Waals surface area contributed by atoms with E-state index < -0.39 is 12.1 Å². The highest BCUT2D eigenvalue weighted by Crippen LogP contribution is 2.28. The van der Waals surface area contributed by atoms with Crippen LogP contribution >= 0.6 is 0 Å². The van der Waals surface area contributed by atoms with Gasteiger partial charge in [-0.15, -0.1) is 0 Å². The summed E-state index contributed by atoms with van der Waals surface area (Å²) in [6, 6.07) is 10.2. The largest absolute Gasteiger partial charge is 0.478 e. The monoisotopic (exact) mass is 319 g/mol. The maximum atomic E-state index is 12.8. The number of oxazole rings is 1. The number of nitrogens with zero attached hydrogens (tertiary/aromatic N) is 1. The lowest BCUT2D eigenvalue weighted by molar-refractivity contribution is -0.158. The van der Waals surface area contributed by atoms with E-state index >= 15 is 0 Å². The molecule has 0 bridgehead atoms. The summed E-state index contributed by atoms with van der Waals surface area (Å²) in [5, 5.41) is 8.96. The quantitative estimate of drug-likeness (QED) is 0.781. The Morgan fingerprint density at radius 1 is 1.22 bits per heavy atom. The van der Waals surface area contributed by atoms with Gasteiger partial charge in [0, 0.05) is 12.5 Å². The number of benzene rings is 2. The van der Waals surface area contributed by atoms with Crippen molar-refractivity contribution in [2.24, 2.45) is 0 Å². The van der Waals surface area contributed by atoms with Crippen molar-refractivity contribution >= 4 is 17.1 Å². The Bertz CT molecular complexity index is 866. The zero-order valence-corrected chi connectivity index (χ0v) is 11.9. The first-order valence-electron chi connectivity index (χ1n) is 6.63. The highest BCUT2D eigenvalue weighted by Gasteiger charge is 2.23. The molecule has 1 N–H and O–H groups in total. The summed E-state index contributed by atoms with van der Waals surface area (Å²) in [5.74, 6) is -0.777. The number of fused-ring (bicyclic) bond motifs is 1. The summed E-state index contributed by atoms with van der Waals surface area (Å²) >= 11 is 0. The van der Waals surface area contributed by atoms with Crippen LogP contribution in [-0.4, -0.2) is 22.2 Å². The predicted molar refractivity (Wildman–Crippen MR) is 77.7 cm³/mol. The maximum absolute atomic E-state index is 12.8. The van der Waals surface area contributed by atoms with Crippen LogP contribution in [0.4, 0.5) is 8.78 Å². The van der Waals surface area contributed by atoms with Gasteiger partial charge in [0.15, 0.2) is 5.58 Å². The second-order valence-corrected chi connectivity index (χ2v) is 4.94. The highest BCUT2D eigenvalue weighted by atomic mass is 19.3. The molecule has 2 aromatic carbocycles. The van der Waals surface area contributed by atoms with Crippen LogP contribution in [0, 0.1) is 0 Å². The Morgan fingerprint density at radius 3 is 2.52 bits per heavy atom. The molecule has 23 heavy (non-hydrogen) atoms. The third-order valence-corrected chi connectivity index (χ3v) is 3.03. The minimum atomic E-state index is -3.26. The molecule has 0 aliphatic heterocycles. The molecule has 7 heteroatoms. The topological polar surface area (TPSA) is 72.6 Å². The lowest BCUT2D eigenvalue weighted by Gasteiger charge is -2.12. The van der Waals surface area contributed by atoms with Gasteiger partial charge < -0.3 is 14.3 Å². The third kappa shape index (κ3) is 3.28. The minimum Gasteiger partial charge on any atom is -0.478 e. The van der Waals surface area contributed by atoms with Crippen LogP contribution in [0.2, 0.25) is 0 Å². The van der Waals surface area contributed by atoms with Gasteiger partial charge >= 0.3 is 12.1 Å². The highest BCUT2D eigenvalue weighted by molar-refractivity contribution is 5.92. The average molecular weight is 319 g/mol. The molecule has 0 aliphatic carbocycles. The van der Waals surface area contributed by atoms with Gasteiger partial charge in [0.25, 0.3) is 0 Å². The zero-order valence-electron chi connectivity index (χ0n) is 11.9. The molecule has 0 saturated carbocycles. The van der Waals surface area contributed by atoms with Gasteiger partial charge in [0.05, 0.1) is 5.56 Å². The fourth-order valence-corrected chi connectivity index (χ4v) is 2.06. The second-order valence-electron chi connectivity index (χ2n) is 4.94. The van der Waals surface area contributed by atoms with Gasteiger partial charge in [0.1, 0.15) is 11.3 Å². The molecule has 1 heterocycles. The molecule has 0 aliphatic rings. The minimum absolute atomic E-state index is 0.0190. The van der Waals surface area contributed by atoms with E-state index in [1.54, 1.807) is 0 Å². The molecule has 0 fully saturated rings. The molecule has 118 valence electrons. The molecule has 0 amide bonds. The fourth-order valence-electron chi connectivity index (χ4n) is 2.06. The first-order chi connectivity index (χ1) is 10.8. The van der Waals surface area contributed by atoms with Crippen LogP contribution in [0.1, 0.15) is 17.3 Å². The SMILES string of the molecule is CC(F)(F)Oc1ccc(-c2nc3cc(C(=O)O)ccc3o2)cc1. The predicted octanol–water partition coefficient (Wildman–Crippen LogP) is 4.18. The van der Waals surface area contributed by atoms with Crippen molar-refractivity contribution in [3.63, 3.8) is 0 Å². The van der Waals surface area contributed by atoms with E-state index in [1.165, 1.54) is 42.5 Å². The van der Waals surface area contributed by atoms with E-state index in [1.807, 2.05) is 0 Å². The standard InChI is InChI=1S/C16H11F2NO4/c1-16(17,18)23-11-5-2-9(3-6-11)14-19-12-8-10(15(20)21)4-7-13(12)22-14/h2-8H,1H3,(H,20,21). The number of rotatable bonds is 4. The normalized spacial score (nSPS) is 11.6. The van der Waals surface area contributed by atoms with Gasteiger partial charge in [-0.2, -0.15) is 8.78 Å². The van der Waals surface area contributed by atoms with Crippen molar-refractivity contribution in [1.82, 2.24) is 4.98 Å². The number of ether oxygens (including phenoxy) is 1. The number of hydrogen-bond donors (Lipinski definition) is 1. The van der Waals surface area contributed by atoms with E-state index in [0.29, 0.717) is 23.6 Å². The van der Waals surface area contributed by atoms with Gasteiger partial charge in [-0.25, -0.2) is 9.78 Å². The Hall–Kier alpha value is -2.96. The maximum Gasteiger partial charge on any atom is 0.394 e. The van der Waals surface area contributed by atoms with Crippen LogP contribution in [0.15, 0.2) is 46.9 Å². The number of aromatic carboxylic acids is 1. The van der Waals surface area contributed by atoms with Crippen LogP contribution in [0.5, 0.6) is 5.75 Å². The van der Waals surface area contributed by atoms with Crippen molar-refractivity contribution < 1.29 is 27.8 Å². The van der Waals surface area contributed by atoms with Gasteiger partial charge in [-0.1, -0.05) is 0 Å². The Balaban J connectivity index is 1.92. The Labute approximate surface area is 129 Å². The third-order valence-electron chi connectivity index (χ3n) is 3.03. The number of alkyl halides is 2. The lowest BCUT2D eigenvalue weighted by Crippen LogP contribution is -2.18. The molecular formula is C16H11F2NO4. The molecule has 0 spiro atoms. The molecular weight excluding hydrogens is 308 g/mol. The van der Waals surface area contributed by atoms with Gasteiger partial charge in [-0.3, -0.25) is 0 Å². The summed E-state index contributed by atoms with van der Waals surface area (Å²) in [4.78, 5) is 15.2.